The largest absolute Gasteiger partial charge is 0.327 e. The maximum Gasteiger partial charge on any atom is 0.00673 e. The summed E-state index contributed by atoms with van der Waals surface area (Å²) >= 11 is 0. The van der Waals surface area contributed by atoms with Crippen LogP contribution in [0, 0.1) is 11.8 Å². The van der Waals surface area contributed by atoms with Gasteiger partial charge in [-0.3, -0.25) is 0 Å². The highest BCUT2D eigenvalue weighted by Gasteiger charge is 2.26. The molecule has 84 valence electrons. The van der Waals surface area contributed by atoms with Crippen LogP contribution in [0.1, 0.15) is 65.2 Å². The molecule has 1 aliphatic carbocycles. The first kappa shape index (κ1) is 12.0. The van der Waals surface area contributed by atoms with Crippen molar-refractivity contribution in [2.45, 2.75) is 71.3 Å². The van der Waals surface area contributed by atoms with Crippen molar-refractivity contribution in [2.75, 3.05) is 0 Å². The minimum atomic E-state index is 0.509. The third-order valence-corrected chi connectivity index (χ3v) is 3.78. The highest BCUT2D eigenvalue weighted by Crippen LogP contribution is 2.33. The van der Waals surface area contributed by atoms with Gasteiger partial charge in [-0.2, -0.15) is 0 Å². The average molecular weight is 197 g/mol. The predicted molar refractivity (Wildman–Crippen MR) is 63.2 cm³/mol. The zero-order chi connectivity index (χ0) is 10.4. The Morgan fingerprint density at radius 3 is 2.50 bits per heavy atom. The molecule has 0 heterocycles. The molecular formula is C13H27N. The molecule has 1 saturated carbocycles. The highest BCUT2D eigenvalue weighted by molar-refractivity contribution is 4.82. The Bertz CT molecular complexity index is 144. The minimum absolute atomic E-state index is 0.509. The second-order valence-corrected chi connectivity index (χ2v) is 5.03. The van der Waals surface area contributed by atoms with Crippen molar-refractivity contribution >= 4 is 0 Å². The van der Waals surface area contributed by atoms with Crippen molar-refractivity contribution in [1.29, 1.82) is 0 Å². The van der Waals surface area contributed by atoms with Gasteiger partial charge in [0, 0.05) is 6.04 Å². The van der Waals surface area contributed by atoms with Gasteiger partial charge in [0.1, 0.15) is 0 Å². The van der Waals surface area contributed by atoms with Crippen LogP contribution in [0.3, 0.4) is 0 Å². The molecular weight excluding hydrogens is 170 g/mol. The first-order valence-electron chi connectivity index (χ1n) is 6.53. The van der Waals surface area contributed by atoms with E-state index in [0.717, 1.165) is 11.8 Å². The van der Waals surface area contributed by atoms with E-state index in [1.807, 2.05) is 0 Å². The number of hydrogen-bond donors (Lipinski definition) is 1. The van der Waals surface area contributed by atoms with Crippen LogP contribution in [-0.2, 0) is 0 Å². The summed E-state index contributed by atoms with van der Waals surface area (Å²) in [4.78, 5) is 0. The van der Waals surface area contributed by atoms with Gasteiger partial charge < -0.3 is 5.73 Å². The van der Waals surface area contributed by atoms with E-state index in [1.54, 1.807) is 0 Å². The van der Waals surface area contributed by atoms with Gasteiger partial charge >= 0.3 is 0 Å². The third-order valence-electron chi connectivity index (χ3n) is 3.78. The van der Waals surface area contributed by atoms with E-state index < -0.39 is 0 Å². The van der Waals surface area contributed by atoms with Gasteiger partial charge in [-0.05, 0) is 37.5 Å². The van der Waals surface area contributed by atoms with E-state index in [2.05, 4.69) is 13.8 Å². The standard InChI is InChI=1S/C13H27N/c1-3-5-7-12-10-11(6-4-2)8-9-13(12)14/h11-13H,3-10,14H2,1-2H3. The Kier molecular flexibility index (Phi) is 5.54. The topological polar surface area (TPSA) is 26.0 Å². The molecule has 0 saturated heterocycles. The maximum absolute atomic E-state index is 6.18. The molecule has 0 aromatic carbocycles. The molecule has 2 N–H and O–H groups in total. The molecule has 14 heavy (non-hydrogen) atoms. The first-order chi connectivity index (χ1) is 6.77. The lowest BCUT2D eigenvalue weighted by Gasteiger charge is -2.34. The van der Waals surface area contributed by atoms with Crippen LogP contribution in [0.15, 0.2) is 0 Å². The highest BCUT2D eigenvalue weighted by atomic mass is 14.7. The summed E-state index contributed by atoms with van der Waals surface area (Å²) in [6.07, 6.45) is 10.9. The number of unbranched alkanes of at least 4 members (excludes halogenated alkanes) is 1. The van der Waals surface area contributed by atoms with Crippen LogP contribution < -0.4 is 5.73 Å². The fraction of sp³-hybridized carbons (Fsp3) is 1.00. The van der Waals surface area contributed by atoms with Gasteiger partial charge in [0.05, 0.1) is 0 Å². The van der Waals surface area contributed by atoms with Gasteiger partial charge in [0.2, 0.25) is 0 Å². The molecule has 1 fully saturated rings. The fourth-order valence-corrected chi connectivity index (χ4v) is 2.85. The van der Waals surface area contributed by atoms with Crippen molar-refractivity contribution in [2.24, 2.45) is 17.6 Å². The van der Waals surface area contributed by atoms with Crippen LogP contribution >= 0.6 is 0 Å². The summed E-state index contributed by atoms with van der Waals surface area (Å²) in [5, 5.41) is 0. The Labute approximate surface area is 89.5 Å². The van der Waals surface area contributed by atoms with Crippen molar-refractivity contribution in [3.8, 4) is 0 Å². The smallest absolute Gasteiger partial charge is 0.00673 e. The molecule has 0 bridgehead atoms. The lowest BCUT2D eigenvalue weighted by molar-refractivity contribution is 0.209. The Hall–Kier alpha value is -0.0400. The normalized spacial score (nSPS) is 33.2. The molecule has 0 aromatic heterocycles. The molecule has 1 heteroatoms. The second kappa shape index (κ2) is 6.44. The maximum atomic E-state index is 6.18. The number of rotatable bonds is 5. The molecule has 0 aliphatic heterocycles. The summed E-state index contributed by atoms with van der Waals surface area (Å²) in [6, 6.07) is 0.509. The monoisotopic (exact) mass is 197 g/mol. The summed E-state index contributed by atoms with van der Waals surface area (Å²) in [5.41, 5.74) is 6.18. The Morgan fingerprint density at radius 1 is 1.07 bits per heavy atom. The van der Waals surface area contributed by atoms with E-state index in [-0.39, 0.29) is 0 Å². The van der Waals surface area contributed by atoms with E-state index in [4.69, 9.17) is 5.73 Å². The van der Waals surface area contributed by atoms with Crippen LogP contribution in [-0.4, -0.2) is 6.04 Å². The van der Waals surface area contributed by atoms with Crippen LogP contribution in [0.25, 0.3) is 0 Å². The van der Waals surface area contributed by atoms with Gasteiger partial charge in [-0.1, -0.05) is 39.5 Å². The molecule has 1 rings (SSSR count). The Balaban J connectivity index is 2.30. The van der Waals surface area contributed by atoms with Crippen LogP contribution in [0.5, 0.6) is 0 Å². The predicted octanol–water partition coefficient (Wildman–Crippen LogP) is 3.72. The van der Waals surface area contributed by atoms with Crippen molar-refractivity contribution in [3.05, 3.63) is 0 Å². The van der Waals surface area contributed by atoms with Gasteiger partial charge in [0.25, 0.3) is 0 Å². The van der Waals surface area contributed by atoms with Gasteiger partial charge in [-0.25, -0.2) is 0 Å². The van der Waals surface area contributed by atoms with Crippen molar-refractivity contribution in [3.63, 3.8) is 0 Å². The molecule has 0 amide bonds. The SMILES string of the molecule is CCCCC1CC(CCC)CCC1N. The van der Waals surface area contributed by atoms with E-state index in [9.17, 15) is 0 Å². The van der Waals surface area contributed by atoms with Crippen molar-refractivity contribution in [1.82, 2.24) is 0 Å². The molecule has 0 aromatic rings. The molecule has 1 nitrogen and oxygen atoms in total. The van der Waals surface area contributed by atoms with E-state index in [0.29, 0.717) is 6.04 Å². The number of hydrogen-bond acceptors (Lipinski definition) is 1. The third kappa shape index (κ3) is 3.61. The molecule has 0 radical (unpaired) electrons. The Morgan fingerprint density at radius 2 is 1.86 bits per heavy atom. The van der Waals surface area contributed by atoms with Crippen LogP contribution in [0.4, 0.5) is 0 Å². The van der Waals surface area contributed by atoms with Gasteiger partial charge in [0.15, 0.2) is 0 Å². The average Bonchev–Trinajstić information content (AvgIpc) is 2.19. The molecule has 3 unspecified atom stereocenters. The zero-order valence-corrected chi connectivity index (χ0v) is 9.97. The van der Waals surface area contributed by atoms with Gasteiger partial charge in [-0.15, -0.1) is 0 Å². The summed E-state index contributed by atoms with van der Waals surface area (Å²) in [6.45, 7) is 4.58. The fourth-order valence-electron chi connectivity index (χ4n) is 2.85. The minimum Gasteiger partial charge on any atom is -0.327 e. The number of nitrogens with two attached hydrogens (primary N) is 1. The molecule has 0 spiro atoms. The quantitative estimate of drug-likeness (QED) is 0.714. The molecule has 1 aliphatic rings. The zero-order valence-electron chi connectivity index (χ0n) is 9.97. The summed E-state index contributed by atoms with van der Waals surface area (Å²) < 4.78 is 0. The summed E-state index contributed by atoms with van der Waals surface area (Å²) in [5.74, 6) is 1.82. The van der Waals surface area contributed by atoms with E-state index in [1.165, 1.54) is 51.4 Å². The van der Waals surface area contributed by atoms with Crippen LogP contribution in [0.2, 0.25) is 0 Å². The lowest BCUT2D eigenvalue weighted by Crippen LogP contribution is -2.36. The molecule has 3 atom stereocenters. The lowest BCUT2D eigenvalue weighted by atomic mass is 9.75. The van der Waals surface area contributed by atoms with Crippen molar-refractivity contribution < 1.29 is 0 Å². The first-order valence-corrected chi connectivity index (χ1v) is 6.53. The second-order valence-electron chi connectivity index (χ2n) is 5.03. The van der Waals surface area contributed by atoms with E-state index >= 15 is 0 Å². The summed E-state index contributed by atoms with van der Waals surface area (Å²) in [7, 11) is 0.